The van der Waals surface area contributed by atoms with E-state index >= 15 is 0 Å². The second kappa shape index (κ2) is 5.78. The van der Waals surface area contributed by atoms with E-state index in [4.69, 9.17) is 9.84 Å². The maximum atomic E-state index is 13.1. The molecule has 0 saturated heterocycles. The van der Waals surface area contributed by atoms with Crippen LogP contribution in [0.1, 0.15) is 31.1 Å². The Balaban J connectivity index is 2.82. The lowest BCUT2D eigenvalue weighted by molar-refractivity contribution is 0.0692. The Hall–Kier alpha value is -1.63. The smallest absolute Gasteiger partial charge is 0.339 e. The van der Waals surface area contributed by atoms with Gasteiger partial charge in [-0.05, 0) is 32.9 Å². The van der Waals surface area contributed by atoms with Crippen LogP contribution in [-0.4, -0.2) is 36.6 Å². The lowest BCUT2D eigenvalue weighted by Gasteiger charge is -2.19. The number of rotatable bonds is 5. The minimum Gasteiger partial charge on any atom is -0.492 e. The van der Waals surface area contributed by atoms with Crippen LogP contribution in [0.5, 0.6) is 5.75 Å². The van der Waals surface area contributed by atoms with Gasteiger partial charge in [0, 0.05) is 6.07 Å². The van der Waals surface area contributed by atoms with Crippen molar-refractivity contribution in [3.63, 3.8) is 0 Å². The van der Waals surface area contributed by atoms with Crippen LogP contribution in [0.3, 0.4) is 0 Å². The van der Waals surface area contributed by atoms with Crippen molar-refractivity contribution in [2.24, 2.45) is 0 Å². The molecule has 0 fully saturated rings. The first-order valence-electron chi connectivity index (χ1n) is 5.92. The highest BCUT2D eigenvalue weighted by Gasteiger charge is 2.28. The van der Waals surface area contributed by atoms with Gasteiger partial charge in [-0.1, -0.05) is 0 Å². The number of hydrogen-bond acceptors (Lipinski definition) is 4. The Labute approximate surface area is 117 Å². The topological polar surface area (TPSA) is 80.7 Å². The van der Waals surface area contributed by atoms with E-state index in [0.29, 0.717) is 0 Å². The Morgan fingerprint density at radius 2 is 1.95 bits per heavy atom. The molecule has 0 atom stereocenters. The number of aromatic carboxylic acids is 1. The van der Waals surface area contributed by atoms with Crippen LogP contribution in [0.15, 0.2) is 18.2 Å². The fraction of sp³-hybridized carbons (Fsp3) is 0.462. The molecule has 20 heavy (non-hydrogen) atoms. The van der Waals surface area contributed by atoms with Crippen molar-refractivity contribution in [2.75, 3.05) is 12.4 Å². The monoisotopic (exact) mass is 304 g/mol. The normalized spacial score (nSPS) is 12.2. The molecule has 0 spiro atoms. The van der Waals surface area contributed by atoms with Gasteiger partial charge in [0.15, 0.2) is 9.84 Å². The molecular formula is C13H17FO5S. The highest BCUT2D eigenvalue weighted by Crippen LogP contribution is 2.21. The molecule has 112 valence electrons. The summed E-state index contributed by atoms with van der Waals surface area (Å²) in [6.45, 7) is 4.46. The summed E-state index contributed by atoms with van der Waals surface area (Å²) in [6, 6.07) is 3.00. The zero-order valence-corrected chi connectivity index (χ0v) is 12.3. The molecule has 1 N–H and O–H groups in total. The van der Waals surface area contributed by atoms with E-state index in [2.05, 4.69) is 0 Å². The van der Waals surface area contributed by atoms with Crippen LogP contribution in [0, 0.1) is 5.82 Å². The Bertz CT molecular complexity index is 602. The van der Waals surface area contributed by atoms with Gasteiger partial charge >= 0.3 is 5.97 Å². The fourth-order valence-electron chi connectivity index (χ4n) is 1.36. The third kappa shape index (κ3) is 3.93. The maximum absolute atomic E-state index is 13.1. The first kappa shape index (κ1) is 16.4. The second-order valence-corrected chi connectivity index (χ2v) is 8.09. The number of ether oxygens (including phenoxy) is 1. The van der Waals surface area contributed by atoms with Gasteiger partial charge < -0.3 is 9.84 Å². The highest BCUT2D eigenvalue weighted by molar-refractivity contribution is 7.92. The van der Waals surface area contributed by atoms with Gasteiger partial charge in [-0.15, -0.1) is 0 Å². The summed E-state index contributed by atoms with van der Waals surface area (Å²) in [6.07, 6.45) is 0. The molecule has 1 rings (SSSR count). The van der Waals surface area contributed by atoms with Gasteiger partial charge in [-0.25, -0.2) is 17.6 Å². The summed E-state index contributed by atoms with van der Waals surface area (Å²) in [4.78, 5) is 10.9. The molecule has 0 amide bonds. The van der Waals surface area contributed by atoms with Crippen LogP contribution in [0.4, 0.5) is 4.39 Å². The third-order valence-corrected chi connectivity index (χ3v) is 5.29. The van der Waals surface area contributed by atoms with E-state index in [0.717, 1.165) is 18.2 Å². The van der Waals surface area contributed by atoms with Crippen molar-refractivity contribution >= 4 is 15.8 Å². The van der Waals surface area contributed by atoms with Gasteiger partial charge in [-0.3, -0.25) is 0 Å². The molecule has 5 nitrogen and oxygen atoms in total. The van der Waals surface area contributed by atoms with Gasteiger partial charge in [0.25, 0.3) is 0 Å². The second-order valence-electron chi connectivity index (χ2n) is 5.23. The van der Waals surface area contributed by atoms with E-state index in [-0.39, 0.29) is 23.7 Å². The van der Waals surface area contributed by atoms with E-state index in [1.165, 1.54) is 0 Å². The van der Waals surface area contributed by atoms with Crippen LogP contribution < -0.4 is 4.74 Å². The molecule has 0 saturated carbocycles. The molecule has 0 bridgehead atoms. The third-order valence-electron chi connectivity index (χ3n) is 2.72. The van der Waals surface area contributed by atoms with Crippen LogP contribution in [0.2, 0.25) is 0 Å². The number of sulfone groups is 1. The number of carboxylic acid groups (broad SMARTS) is 1. The first-order valence-corrected chi connectivity index (χ1v) is 7.58. The standard InChI is InChI=1S/C13H17FO5S/c1-13(2,3)20(17,18)7-6-19-11-8-9(14)4-5-10(11)12(15)16/h4-5,8H,6-7H2,1-3H3,(H,15,16). The predicted octanol–water partition coefficient (Wildman–Crippen LogP) is 2.12. The summed E-state index contributed by atoms with van der Waals surface area (Å²) in [7, 11) is -3.38. The van der Waals surface area contributed by atoms with Crippen LogP contribution in [0.25, 0.3) is 0 Å². The number of halogens is 1. The molecule has 0 aliphatic carbocycles. The first-order chi connectivity index (χ1) is 9.04. The number of benzene rings is 1. The molecule has 7 heteroatoms. The largest absolute Gasteiger partial charge is 0.492 e. The van der Waals surface area contributed by atoms with E-state index in [1.54, 1.807) is 20.8 Å². The average Bonchev–Trinajstić information content (AvgIpc) is 2.26. The zero-order valence-electron chi connectivity index (χ0n) is 11.5. The quantitative estimate of drug-likeness (QED) is 0.901. The molecule has 0 unspecified atom stereocenters. The molecule has 0 heterocycles. The molecule has 0 aromatic heterocycles. The van der Waals surface area contributed by atoms with Crippen molar-refractivity contribution in [3.05, 3.63) is 29.6 Å². The Kier molecular flexibility index (Phi) is 4.75. The van der Waals surface area contributed by atoms with Gasteiger partial charge in [0.1, 0.15) is 23.7 Å². The summed E-state index contributed by atoms with van der Waals surface area (Å²) < 4.78 is 41.0. The lowest BCUT2D eigenvalue weighted by Crippen LogP contribution is -2.32. The number of carbonyl (C=O) groups is 1. The van der Waals surface area contributed by atoms with Crippen molar-refractivity contribution in [2.45, 2.75) is 25.5 Å². The molecule has 1 aromatic rings. The van der Waals surface area contributed by atoms with Gasteiger partial charge in [-0.2, -0.15) is 0 Å². The summed E-state index contributed by atoms with van der Waals surface area (Å²) in [5, 5.41) is 8.92. The Morgan fingerprint density at radius 1 is 1.35 bits per heavy atom. The van der Waals surface area contributed by atoms with Crippen molar-refractivity contribution in [1.29, 1.82) is 0 Å². The SMILES string of the molecule is CC(C)(C)S(=O)(=O)CCOc1cc(F)ccc1C(=O)O. The number of carboxylic acids is 1. The summed E-state index contributed by atoms with van der Waals surface area (Å²) in [5.41, 5.74) is -0.209. The zero-order chi connectivity index (χ0) is 15.6. The number of hydrogen-bond donors (Lipinski definition) is 1. The molecule has 0 aliphatic rings. The predicted molar refractivity (Wildman–Crippen MR) is 72.4 cm³/mol. The van der Waals surface area contributed by atoms with Gasteiger partial charge in [0.2, 0.25) is 0 Å². The van der Waals surface area contributed by atoms with Crippen LogP contribution >= 0.6 is 0 Å². The fourth-order valence-corrected chi connectivity index (χ4v) is 2.27. The highest BCUT2D eigenvalue weighted by atomic mass is 32.2. The molecule has 1 aromatic carbocycles. The van der Waals surface area contributed by atoms with Crippen molar-refractivity contribution in [1.82, 2.24) is 0 Å². The maximum Gasteiger partial charge on any atom is 0.339 e. The van der Waals surface area contributed by atoms with Crippen molar-refractivity contribution in [3.8, 4) is 5.75 Å². The Morgan fingerprint density at radius 3 is 2.45 bits per heavy atom. The van der Waals surface area contributed by atoms with E-state index in [9.17, 15) is 17.6 Å². The van der Waals surface area contributed by atoms with Crippen LogP contribution in [-0.2, 0) is 9.84 Å². The molecule has 0 radical (unpaired) electrons. The average molecular weight is 304 g/mol. The lowest BCUT2D eigenvalue weighted by atomic mass is 10.2. The van der Waals surface area contributed by atoms with E-state index < -0.39 is 26.4 Å². The summed E-state index contributed by atoms with van der Waals surface area (Å²) in [5.74, 6) is -2.37. The summed E-state index contributed by atoms with van der Waals surface area (Å²) >= 11 is 0. The van der Waals surface area contributed by atoms with Crippen molar-refractivity contribution < 1.29 is 27.4 Å². The van der Waals surface area contributed by atoms with E-state index in [1.807, 2.05) is 0 Å². The molecule has 0 aliphatic heterocycles. The minimum absolute atomic E-state index is 0.179. The minimum atomic E-state index is -3.38. The molecular weight excluding hydrogens is 287 g/mol. The van der Waals surface area contributed by atoms with Gasteiger partial charge in [0.05, 0.1) is 10.5 Å².